The van der Waals surface area contributed by atoms with Crippen molar-refractivity contribution in [1.29, 1.82) is 0 Å². The van der Waals surface area contributed by atoms with Crippen LogP contribution in [0.5, 0.6) is 0 Å². The summed E-state index contributed by atoms with van der Waals surface area (Å²) in [4.78, 5) is 13.8. The van der Waals surface area contributed by atoms with E-state index in [1.165, 1.54) is 20.0 Å². The Kier molecular flexibility index (Phi) is 5.77. The Hall–Kier alpha value is -0.610. The van der Waals surface area contributed by atoms with Crippen LogP contribution >= 0.6 is 0 Å². The molecule has 1 atom stereocenters. The number of nitrogens with one attached hydrogen (secondary N) is 1. The molecule has 0 amide bonds. The second-order valence-corrected chi connectivity index (χ2v) is 4.53. The average molecular weight is 228 g/mol. The molecule has 1 rings (SSSR count). The number of hydrogen-bond acceptors (Lipinski definition) is 4. The average Bonchev–Trinajstić information content (AvgIpc) is 3.11. The molecule has 0 spiro atoms. The van der Waals surface area contributed by atoms with E-state index in [0.717, 1.165) is 32.0 Å². The predicted molar refractivity (Wildman–Crippen MR) is 64.4 cm³/mol. The van der Waals surface area contributed by atoms with Gasteiger partial charge in [-0.15, -0.1) is 0 Å². The molecule has 1 fully saturated rings. The number of carbonyl (C=O) groups is 1. The molecule has 1 unspecified atom stereocenters. The summed E-state index contributed by atoms with van der Waals surface area (Å²) in [5, 5.41) is 3.23. The van der Waals surface area contributed by atoms with Crippen molar-refractivity contribution in [2.24, 2.45) is 0 Å². The molecule has 0 aromatic rings. The van der Waals surface area contributed by atoms with Crippen molar-refractivity contribution < 1.29 is 9.53 Å². The molecule has 4 heteroatoms. The van der Waals surface area contributed by atoms with Gasteiger partial charge in [0.2, 0.25) is 0 Å². The molecule has 16 heavy (non-hydrogen) atoms. The van der Waals surface area contributed by atoms with Gasteiger partial charge in [0.15, 0.2) is 0 Å². The zero-order valence-electron chi connectivity index (χ0n) is 10.7. The number of carbonyl (C=O) groups excluding carboxylic acids is 1. The standard InChI is InChI=1S/C12H24N2O2/c1-4-8-13-11(12(15)16-3)7-9-14(2)10-5-6-10/h10-11,13H,4-9H2,1-3H3. The summed E-state index contributed by atoms with van der Waals surface area (Å²) < 4.78 is 4.80. The number of rotatable bonds is 8. The molecule has 0 aromatic carbocycles. The maximum absolute atomic E-state index is 11.5. The smallest absolute Gasteiger partial charge is 0.322 e. The lowest BCUT2D eigenvalue weighted by Gasteiger charge is -2.20. The highest BCUT2D eigenvalue weighted by molar-refractivity contribution is 5.75. The van der Waals surface area contributed by atoms with Gasteiger partial charge in [-0.05, 0) is 39.3 Å². The Morgan fingerprint density at radius 2 is 2.25 bits per heavy atom. The van der Waals surface area contributed by atoms with Gasteiger partial charge in [0.1, 0.15) is 6.04 Å². The molecular weight excluding hydrogens is 204 g/mol. The van der Waals surface area contributed by atoms with Crippen molar-refractivity contribution in [3.63, 3.8) is 0 Å². The van der Waals surface area contributed by atoms with E-state index in [4.69, 9.17) is 4.74 Å². The maximum Gasteiger partial charge on any atom is 0.322 e. The van der Waals surface area contributed by atoms with Crippen LogP contribution in [0.25, 0.3) is 0 Å². The first-order chi connectivity index (χ1) is 7.69. The van der Waals surface area contributed by atoms with Gasteiger partial charge in [0.25, 0.3) is 0 Å². The largest absolute Gasteiger partial charge is 0.468 e. The molecule has 1 N–H and O–H groups in total. The van der Waals surface area contributed by atoms with Crippen molar-refractivity contribution in [2.45, 2.75) is 44.7 Å². The van der Waals surface area contributed by atoms with Gasteiger partial charge in [0, 0.05) is 12.6 Å². The van der Waals surface area contributed by atoms with Gasteiger partial charge in [-0.25, -0.2) is 0 Å². The third-order valence-corrected chi connectivity index (χ3v) is 3.07. The Labute approximate surface area is 98.3 Å². The number of methoxy groups -OCH3 is 1. The molecule has 0 aromatic heterocycles. The van der Waals surface area contributed by atoms with Crippen LogP contribution in [0.15, 0.2) is 0 Å². The molecular formula is C12H24N2O2. The van der Waals surface area contributed by atoms with Gasteiger partial charge in [-0.3, -0.25) is 4.79 Å². The van der Waals surface area contributed by atoms with Crippen molar-refractivity contribution in [3.8, 4) is 0 Å². The van der Waals surface area contributed by atoms with Crippen molar-refractivity contribution in [2.75, 3.05) is 27.2 Å². The lowest BCUT2D eigenvalue weighted by Crippen LogP contribution is -2.40. The molecule has 1 saturated carbocycles. The molecule has 0 bridgehead atoms. The van der Waals surface area contributed by atoms with Crippen LogP contribution in [0, 0.1) is 0 Å². The molecule has 1 aliphatic rings. The molecule has 4 nitrogen and oxygen atoms in total. The van der Waals surface area contributed by atoms with E-state index in [2.05, 4.69) is 24.2 Å². The molecule has 1 aliphatic carbocycles. The Morgan fingerprint density at radius 1 is 1.56 bits per heavy atom. The fourth-order valence-corrected chi connectivity index (χ4v) is 1.79. The number of nitrogens with zero attached hydrogens (tertiary/aromatic N) is 1. The van der Waals surface area contributed by atoms with Crippen LogP contribution < -0.4 is 5.32 Å². The van der Waals surface area contributed by atoms with Crippen molar-refractivity contribution in [3.05, 3.63) is 0 Å². The first-order valence-electron chi connectivity index (χ1n) is 6.20. The van der Waals surface area contributed by atoms with Crippen LogP contribution in [0.3, 0.4) is 0 Å². The summed E-state index contributed by atoms with van der Waals surface area (Å²) in [5.41, 5.74) is 0. The van der Waals surface area contributed by atoms with E-state index in [0.29, 0.717) is 0 Å². The first-order valence-corrected chi connectivity index (χ1v) is 6.20. The zero-order chi connectivity index (χ0) is 12.0. The van der Waals surface area contributed by atoms with Gasteiger partial charge in [0.05, 0.1) is 7.11 Å². The molecule has 0 aliphatic heterocycles. The van der Waals surface area contributed by atoms with Crippen LogP contribution in [-0.4, -0.2) is 50.2 Å². The fraction of sp³-hybridized carbons (Fsp3) is 0.917. The van der Waals surface area contributed by atoms with E-state index in [-0.39, 0.29) is 12.0 Å². The lowest BCUT2D eigenvalue weighted by molar-refractivity contribution is -0.143. The van der Waals surface area contributed by atoms with E-state index < -0.39 is 0 Å². The quantitative estimate of drug-likeness (QED) is 0.630. The highest BCUT2D eigenvalue weighted by Gasteiger charge is 2.27. The van der Waals surface area contributed by atoms with Crippen LogP contribution in [0.1, 0.15) is 32.6 Å². The summed E-state index contributed by atoms with van der Waals surface area (Å²) in [6.45, 7) is 3.92. The topological polar surface area (TPSA) is 41.6 Å². The third kappa shape index (κ3) is 4.49. The van der Waals surface area contributed by atoms with E-state index in [9.17, 15) is 4.79 Å². The number of ether oxygens (including phenoxy) is 1. The predicted octanol–water partition coefficient (Wildman–Crippen LogP) is 1.01. The molecule has 0 heterocycles. The first kappa shape index (κ1) is 13.5. The summed E-state index contributed by atoms with van der Waals surface area (Å²) in [6, 6.07) is 0.607. The SMILES string of the molecule is CCCNC(CCN(C)C1CC1)C(=O)OC. The van der Waals surface area contributed by atoms with Crippen LogP contribution in [0.2, 0.25) is 0 Å². The Balaban J connectivity index is 2.27. The highest BCUT2D eigenvalue weighted by Crippen LogP contribution is 2.25. The van der Waals surface area contributed by atoms with Crippen molar-refractivity contribution >= 4 is 5.97 Å². The lowest BCUT2D eigenvalue weighted by atomic mass is 10.2. The molecule has 0 radical (unpaired) electrons. The van der Waals surface area contributed by atoms with E-state index in [1.54, 1.807) is 0 Å². The number of hydrogen-bond donors (Lipinski definition) is 1. The van der Waals surface area contributed by atoms with Gasteiger partial charge >= 0.3 is 5.97 Å². The Bertz CT molecular complexity index is 217. The fourth-order valence-electron chi connectivity index (χ4n) is 1.79. The molecule has 94 valence electrons. The summed E-state index contributed by atoms with van der Waals surface area (Å²) >= 11 is 0. The second kappa shape index (κ2) is 6.86. The van der Waals surface area contributed by atoms with Gasteiger partial charge < -0.3 is 15.0 Å². The minimum absolute atomic E-state index is 0.141. The van der Waals surface area contributed by atoms with Gasteiger partial charge in [-0.2, -0.15) is 0 Å². The highest BCUT2D eigenvalue weighted by atomic mass is 16.5. The van der Waals surface area contributed by atoms with Crippen LogP contribution in [0.4, 0.5) is 0 Å². The minimum Gasteiger partial charge on any atom is -0.468 e. The molecule has 0 saturated heterocycles. The van der Waals surface area contributed by atoms with Crippen LogP contribution in [-0.2, 0) is 9.53 Å². The Morgan fingerprint density at radius 3 is 2.75 bits per heavy atom. The van der Waals surface area contributed by atoms with E-state index in [1.807, 2.05) is 0 Å². The third-order valence-electron chi connectivity index (χ3n) is 3.07. The maximum atomic E-state index is 11.5. The summed E-state index contributed by atoms with van der Waals surface area (Å²) in [7, 11) is 3.58. The summed E-state index contributed by atoms with van der Waals surface area (Å²) in [5.74, 6) is -0.141. The summed E-state index contributed by atoms with van der Waals surface area (Å²) in [6.07, 6.45) is 4.48. The zero-order valence-corrected chi connectivity index (χ0v) is 10.7. The minimum atomic E-state index is -0.147. The normalized spacial score (nSPS) is 17.5. The monoisotopic (exact) mass is 228 g/mol. The second-order valence-electron chi connectivity index (χ2n) is 4.53. The van der Waals surface area contributed by atoms with Gasteiger partial charge in [-0.1, -0.05) is 6.92 Å². The van der Waals surface area contributed by atoms with Crippen molar-refractivity contribution in [1.82, 2.24) is 10.2 Å². The van der Waals surface area contributed by atoms with E-state index >= 15 is 0 Å². The number of esters is 1.